The van der Waals surface area contributed by atoms with Crippen LogP contribution in [0.25, 0.3) is 0 Å². The molecule has 4 heteroatoms. The molecule has 1 aliphatic rings. The van der Waals surface area contributed by atoms with Gasteiger partial charge in [0.1, 0.15) is 0 Å². The van der Waals surface area contributed by atoms with Crippen LogP contribution in [-0.2, 0) is 0 Å². The number of rotatable bonds is 2. The molecule has 2 heterocycles. The maximum Gasteiger partial charge on any atom is 0.0721 e. The minimum atomic E-state index is 0.317. The van der Waals surface area contributed by atoms with Crippen molar-refractivity contribution < 1.29 is 0 Å². The molecule has 0 aliphatic carbocycles. The zero-order chi connectivity index (χ0) is 11.7. The van der Waals surface area contributed by atoms with E-state index in [1.165, 1.54) is 10.5 Å². The number of halogens is 1. The van der Waals surface area contributed by atoms with E-state index < -0.39 is 0 Å². The Morgan fingerprint density at radius 3 is 3.06 bits per heavy atom. The molecule has 0 saturated carbocycles. The second-order valence-electron chi connectivity index (χ2n) is 3.90. The predicted octanol–water partition coefficient (Wildman–Crippen LogP) is 3.99. The standard InChI is InChI=1S/C13H11ClN2S/c14-10-5-6-15-7-11(10)16-12-8-17-13-4-2-1-3-9(12)13/h1-7,12,16H,8H2. The third-order valence-electron chi connectivity index (χ3n) is 2.80. The van der Waals surface area contributed by atoms with Crippen molar-refractivity contribution in [2.24, 2.45) is 0 Å². The second-order valence-corrected chi connectivity index (χ2v) is 5.37. The fourth-order valence-corrected chi connectivity index (χ4v) is 3.27. The summed E-state index contributed by atoms with van der Waals surface area (Å²) in [6.07, 6.45) is 3.47. The Bertz CT molecular complexity index is 544. The average Bonchev–Trinajstić information content (AvgIpc) is 2.76. The van der Waals surface area contributed by atoms with Crippen LogP contribution in [0.5, 0.6) is 0 Å². The van der Waals surface area contributed by atoms with Crippen molar-refractivity contribution in [1.29, 1.82) is 0 Å². The Balaban J connectivity index is 1.87. The SMILES string of the molecule is Clc1ccncc1NC1CSc2ccccc21. The molecule has 2 nitrogen and oxygen atoms in total. The van der Waals surface area contributed by atoms with Crippen LogP contribution in [0.1, 0.15) is 11.6 Å². The number of hydrogen-bond donors (Lipinski definition) is 1. The van der Waals surface area contributed by atoms with E-state index in [1.807, 2.05) is 11.8 Å². The van der Waals surface area contributed by atoms with E-state index >= 15 is 0 Å². The highest BCUT2D eigenvalue weighted by molar-refractivity contribution is 7.99. The van der Waals surface area contributed by atoms with Crippen molar-refractivity contribution in [1.82, 2.24) is 4.98 Å². The molecule has 0 saturated heterocycles. The zero-order valence-electron chi connectivity index (χ0n) is 9.06. The van der Waals surface area contributed by atoms with Gasteiger partial charge >= 0.3 is 0 Å². The van der Waals surface area contributed by atoms with Crippen LogP contribution in [0, 0.1) is 0 Å². The van der Waals surface area contributed by atoms with Crippen molar-refractivity contribution in [3.8, 4) is 0 Å². The number of anilines is 1. The maximum absolute atomic E-state index is 6.12. The van der Waals surface area contributed by atoms with Crippen LogP contribution in [-0.4, -0.2) is 10.7 Å². The van der Waals surface area contributed by atoms with Crippen molar-refractivity contribution in [3.05, 3.63) is 53.3 Å². The summed E-state index contributed by atoms with van der Waals surface area (Å²) in [4.78, 5) is 5.44. The van der Waals surface area contributed by atoms with Gasteiger partial charge in [-0.05, 0) is 17.7 Å². The van der Waals surface area contributed by atoms with Gasteiger partial charge < -0.3 is 5.32 Å². The van der Waals surface area contributed by atoms with E-state index in [0.717, 1.165) is 16.5 Å². The Hall–Kier alpha value is -1.19. The molecule has 0 fully saturated rings. The van der Waals surface area contributed by atoms with Gasteiger partial charge in [-0.25, -0.2) is 0 Å². The van der Waals surface area contributed by atoms with Gasteiger partial charge in [0.2, 0.25) is 0 Å². The van der Waals surface area contributed by atoms with Crippen LogP contribution >= 0.6 is 23.4 Å². The molecule has 1 aliphatic heterocycles. The van der Waals surface area contributed by atoms with Gasteiger partial charge in [0.05, 0.1) is 22.9 Å². The van der Waals surface area contributed by atoms with Crippen molar-refractivity contribution in [2.45, 2.75) is 10.9 Å². The van der Waals surface area contributed by atoms with Crippen molar-refractivity contribution in [2.75, 3.05) is 11.1 Å². The van der Waals surface area contributed by atoms with Gasteiger partial charge in [-0.3, -0.25) is 4.98 Å². The second kappa shape index (κ2) is 4.59. The number of benzene rings is 1. The molecule has 1 N–H and O–H groups in total. The summed E-state index contributed by atoms with van der Waals surface area (Å²) >= 11 is 8.00. The van der Waals surface area contributed by atoms with Gasteiger partial charge in [-0.15, -0.1) is 11.8 Å². The van der Waals surface area contributed by atoms with E-state index in [1.54, 1.807) is 18.5 Å². The molecular weight excluding hydrogens is 252 g/mol. The van der Waals surface area contributed by atoms with Crippen LogP contribution in [0.4, 0.5) is 5.69 Å². The summed E-state index contributed by atoms with van der Waals surface area (Å²) in [5, 5.41) is 4.17. The molecule has 0 spiro atoms. The normalized spacial score (nSPS) is 17.8. The molecule has 17 heavy (non-hydrogen) atoms. The molecule has 1 aromatic carbocycles. The summed E-state index contributed by atoms with van der Waals surface area (Å²) < 4.78 is 0. The molecular formula is C13H11ClN2S. The van der Waals surface area contributed by atoms with Crippen molar-refractivity contribution >= 4 is 29.1 Å². The maximum atomic E-state index is 6.12. The van der Waals surface area contributed by atoms with Crippen LogP contribution in [0.2, 0.25) is 5.02 Å². The summed E-state index contributed by atoms with van der Waals surface area (Å²) in [5.41, 5.74) is 2.24. The number of nitrogens with zero attached hydrogens (tertiary/aromatic N) is 1. The third kappa shape index (κ3) is 2.13. The van der Waals surface area contributed by atoms with Crippen molar-refractivity contribution in [3.63, 3.8) is 0 Å². The Morgan fingerprint density at radius 2 is 2.18 bits per heavy atom. The summed E-state index contributed by atoms with van der Waals surface area (Å²) in [5.74, 6) is 1.03. The van der Waals surface area contributed by atoms with E-state index in [9.17, 15) is 0 Å². The van der Waals surface area contributed by atoms with Crippen LogP contribution < -0.4 is 5.32 Å². The van der Waals surface area contributed by atoms with Crippen LogP contribution in [0.3, 0.4) is 0 Å². The van der Waals surface area contributed by atoms with E-state index in [4.69, 9.17) is 11.6 Å². The lowest BCUT2D eigenvalue weighted by atomic mass is 10.1. The van der Waals surface area contributed by atoms with Gasteiger partial charge in [-0.1, -0.05) is 29.8 Å². The lowest BCUT2D eigenvalue weighted by molar-refractivity contribution is 0.898. The first-order valence-electron chi connectivity index (χ1n) is 5.42. The largest absolute Gasteiger partial charge is 0.375 e. The number of aromatic nitrogens is 1. The minimum absolute atomic E-state index is 0.317. The van der Waals surface area contributed by atoms with Crippen LogP contribution in [0.15, 0.2) is 47.6 Å². The number of hydrogen-bond acceptors (Lipinski definition) is 3. The smallest absolute Gasteiger partial charge is 0.0721 e. The highest BCUT2D eigenvalue weighted by Gasteiger charge is 2.22. The molecule has 0 radical (unpaired) electrons. The lowest BCUT2D eigenvalue weighted by Crippen LogP contribution is -2.10. The first kappa shape index (κ1) is 10.9. The first-order valence-corrected chi connectivity index (χ1v) is 6.79. The Morgan fingerprint density at radius 1 is 1.29 bits per heavy atom. The molecule has 1 unspecified atom stereocenters. The summed E-state index contributed by atoms with van der Waals surface area (Å²) in [6.45, 7) is 0. The zero-order valence-corrected chi connectivity index (χ0v) is 10.6. The highest BCUT2D eigenvalue weighted by atomic mass is 35.5. The predicted molar refractivity (Wildman–Crippen MR) is 72.8 cm³/mol. The third-order valence-corrected chi connectivity index (χ3v) is 4.31. The fourth-order valence-electron chi connectivity index (χ4n) is 1.95. The molecule has 0 bridgehead atoms. The molecule has 1 atom stereocenters. The first-order chi connectivity index (χ1) is 8.34. The molecule has 1 aromatic heterocycles. The van der Waals surface area contributed by atoms with E-state index in [0.29, 0.717) is 6.04 Å². The Labute approximate surface area is 109 Å². The number of nitrogens with one attached hydrogen (secondary N) is 1. The number of fused-ring (bicyclic) bond motifs is 1. The topological polar surface area (TPSA) is 24.9 Å². The van der Waals surface area contributed by atoms with Gasteiger partial charge in [0.15, 0.2) is 0 Å². The molecule has 3 rings (SSSR count). The van der Waals surface area contributed by atoms with E-state index in [-0.39, 0.29) is 0 Å². The monoisotopic (exact) mass is 262 g/mol. The van der Waals surface area contributed by atoms with Gasteiger partial charge in [-0.2, -0.15) is 0 Å². The number of thioether (sulfide) groups is 1. The minimum Gasteiger partial charge on any atom is -0.375 e. The van der Waals surface area contributed by atoms with E-state index in [2.05, 4.69) is 34.6 Å². The summed E-state index contributed by atoms with van der Waals surface area (Å²) in [6, 6.07) is 10.6. The highest BCUT2D eigenvalue weighted by Crippen LogP contribution is 2.40. The Kier molecular flexibility index (Phi) is 2.95. The quantitative estimate of drug-likeness (QED) is 0.886. The van der Waals surface area contributed by atoms with Gasteiger partial charge in [0, 0.05) is 16.8 Å². The molecule has 0 amide bonds. The fraction of sp³-hybridized carbons (Fsp3) is 0.154. The van der Waals surface area contributed by atoms with Gasteiger partial charge in [0.25, 0.3) is 0 Å². The molecule has 2 aromatic rings. The average molecular weight is 263 g/mol. The summed E-state index contributed by atoms with van der Waals surface area (Å²) in [7, 11) is 0. The lowest BCUT2D eigenvalue weighted by Gasteiger charge is -2.15. The molecule has 86 valence electrons. The number of pyridine rings is 1.